The molecule has 0 fully saturated rings. The molecule has 0 spiro atoms. The van der Waals surface area contributed by atoms with Gasteiger partial charge in [-0.15, -0.1) is 0 Å². The van der Waals surface area contributed by atoms with E-state index in [0.29, 0.717) is 11.6 Å². The number of benzene rings is 3. The van der Waals surface area contributed by atoms with Crippen LogP contribution >= 0.6 is 0 Å². The molecule has 4 heteroatoms. The highest BCUT2D eigenvalue weighted by Crippen LogP contribution is 2.38. The second-order valence-corrected chi connectivity index (χ2v) is 6.78. The van der Waals surface area contributed by atoms with Gasteiger partial charge in [-0.05, 0) is 73.5 Å². The normalized spacial score (nSPS) is 15.3. The second-order valence-electron chi connectivity index (χ2n) is 6.78. The monoisotopic (exact) mass is 358 g/mol. The van der Waals surface area contributed by atoms with Crippen LogP contribution in [0.3, 0.4) is 0 Å². The van der Waals surface area contributed by atoms with Crippen LogP contribution in [0.4, 0.5) is 17.1 Å². The Morgan fingerprint density at radius 1 is 1.00 bits per heavy atom. The summed E-state index contributed by atoms with van der Waals surface area (Å²) in [6.45, 7) is 2.24. The molecule has 4 nitrogen and oxygen atoms in total. The Balaban J connectivity index is 1.50. The number of carbonyl (C=O) groups is 1. The highest BCUT2D eigenvalue weighted by Gasteiger charge is 2.26. The summed E-state index contributed by atoms with van der Waals surface area (Å²) in [4.78, 5) is 14.8. The highest BCUT2D eigenvalue weighted by molar-refractivity contribution is 6.04. The Bertz CT molecular complexity index is 949. The van der Waals surface area contributed by atoms with Crippen LogP contribution in [-0.4, -0.2) is 19.1 Å². The van der Waals surface area contributed by atoms with Crippen LogP contribution in [-0.2, 0) is 6.42 Å². The van der Waals surface area contributed by atoms with Crippen molar-refractivity contribution < 1.29 is 9.53 Å². The smallest absolute Gasteiger partial charge is 0.255 e. The van der Waals surface area contributed by atoms with Crippen molar-refractivity contribution in [2.45, 2.75) is 19.4 Å². The van der Waals surface area contributed by atoms with Gasteiger partial charge in [0.1, 0.15) is 5.75 Å². The van der Waals surface area contributed by atoms with E-state index in [2.05, 4.69) is 53.5 Å². The number of nitrogens with one attached hydrogen (secondary N) is 1. The van der Waals surface area contributed by atoms with Gasteiger partial charge >= 0.3 is 0 Å². The zero-order valence-corrected chi connectivity index (χ0v) is 15.5. The van der Waals surface area contributed by atoms with Gasteiger partial charge < -0.3 is 15.0 Å². The van der Waals surface area contributed by atoms with E-state index in [1.165, 1.54) is 11.3 Å². The molecule has 1 aliphatic rings. The molecule has 1 aliphatic heterocycles. The first-order valence-electron chi connectivity index (χ1n) is 9.08. The van der Waals surface area contributed by atoms with Crippen LogP contribution < -0.4 is 15.0 Å². The molecular weight excluding hydrogens is 336 g/mol. The maximum atomic E-state index is 12.4. The summed E-state index contributed by atoms with van der Waals surface area (Å²) < 4.78 is 5.13. The van der Waals surface area contributed by atoms with E-state index < -0.39 is 0 Å². The van der Waals surface area contributed by atoms with Crippen molar-refractivity contribution in [2.24, 2.45) is 0 Å². The highest BCUT2D eigenvalue weighted by atomic mass is 16.5. The van der Waals surface area contributed by atoms with Crippen LogP contribution in [0.1, 0.15) is 22.8 Å². The summed E-state index contributed by atoms with van der Waals surface area (Å²) in [5.74, 6) is 0.598. The van der Waals surface area contributed by atoms with Crippen LogP contribution in [0.15, 0.2) is 72.8 Å². The third-order valence-electron chi connectivity index (χ3n) is 4.96. The minimum absolute atomic E-state index is 0.134. The van der Waals surface area contributed by atoms with E-state index in [0.717, 1.165) is 23.5 Å². The number of carbonyl (C=O) groups excluding carboxylic acids is 1. The van der Waals surface area contributed by atoms with Gasteiger partial charge in [0.05, 0.1) is 7.11 Å². The Morgan fingerprint density at radius 3 is 2.41 bits per heavy atom. The second kappa shape index (κ2) is 7.16. The van der Waals surface area contributed by atoms with Crippen LogP contribution in [0.2, 0.25) is 0 Å². The largest absolute Gasteiger partial charge is 0.497 e. The van der Waals surface area contributed by atoms with Gasteiger partial charge in [0.25, 0.3) is 5.91 Å². The third kappa shape index (κ3) is 3.38. The number of amides is 1. The number of fused-ring (bicyclic) bond motifs is 1. The molecule has 27 heavy (non-hydrogen) atoms. The SMILES string of the molecule is COc1ccc(C(=O)Nc2ccc(N3c4ccccc4CC3C)cc2)cc1. The molecule has 1 heterocycles. The number of methoxy groups -OCH3 is 1. The van der Waals surface area contributed by atoms with E-state index >= 15 is 0 Å². The topological polar surface area (TPSA) is 41.6 Å². The van der Waals surface area contributed by atoms with Crippen molar-refractivity contribution in [1.29, 1.82) is 0 Å². The quantitative estimate of drug-likeness (QED) is 0.711. The lowest BCUT2D eigenvalue weighted by Gasteiger charge is -2.25. The van der Waals surface area contributed by atoms with E-state index in [1.807, 2.05) is 12.1 Å². The molecule has 0 aromatic heterocycles. The molecular formula is C23H22N2O2. The first-order valence-corrected chi connectivity index (χ1v) is 9.08. The molecule has 136 valence electrons. The lowest BCUT2D eigenvalue weighted by atomic mass is 10.1. The molecule has 0 saturated heterocycles. The molecule has 0 saturated carbocycles. The van der Waals surface area contributed by atoms with Gasteiger partial charge in [-0.1, -0.05) is 18.2 Å². The number of hydrogen-bond acceptors (Lipinski definition) is 3. The zero-order valence-electron chi connectivity index (χ0n) is 15.5. The molecule has 1 N–H and O–H groups in total. The van der Waals surface area contributed by atoms with Crippen LogP contribution in [0.25, 0.3) is 0 Å². The predicted octanol–water partition coefficient (Wildman–Crippen LogP) is 5.03. The fourth-order valence-electron chi connectivity index (χ4n) is 3.61. The van der Waals surface area contributed by atoms with Gasteiger partial charge in [-0.3, -0.25) is 4.79 Å². The summed E-state index contributed by atoms with van der Waals surface area (Å²) in [5.41, 5.74) is 5.15. The Morgan fingerprint density at radius 2 is 1.70 bits per heavy atom. The van der Waals surface area contributed by atoms with Gasteiger partial charge in [-0.25, -0.2) is 0 Å². The molecule has 4 rings (SSSR count). The Labute approximate surface area is 159 Å². The van der Waals surface area contributed by atoms with Crippen molar-refractivity contribution in [1.82, 2.24) is 0 Å². The van der Waals surface area contributed by atoms with Crippen molar-refractivity contribution in [3.8, 4) is 5.75 Å². The molecule has 3 aromatic rings. The first-order chi connectivity index (χ1) is 13.2. The summed E-state index contributed by atoms with van der Waals surface area (Å²) in [6.07, 6.45) is 1.05. The zero-order chi connectivity index (χ0) is 18.8. The molecule has 0 aliphatic carbocycles. The number of nitrogens with zero attached hydrogens (tertiary/aromatic N) is 1. The standard InChI is InChI=1S/C23H22N2O2/c1-16-15-18-5-3-4-6-22(18)25(16)20-11-9-19(10-12-20)24-23(26)17-7-13-21(27-2)14-8-17/h3-14,16H,15H2,1-2H3,(H,24,26). The third-order valence-corrected chi connectivity index (χ3v) is 4.96. The minimum atomic E-state index is -0.134. The van der Waals surface area contributed by atoms with Gasteiger partial charge in [0, 0.05) is 28.7 Å². The lowest BCUT2D eigenvalue weighted by Crippen LogP contribution is -2.23. The van der Waals surface area contributed by atoms with E-state index in [4.69, 9.17) is 4.74 Å². The van der Waals surface area contributed by atoms with E-state index in [9.17, 15) is 4.79 Å². The van der Waals surface area contributed by atoms with Gasteiger partial charge in [-0.2, -0.15) is 0 Å². The molecule has 1 unspecified atom stereocenters. The van der Waals surface area contributed by atoms with Crippen molar-refractivity contribution in [3.63, 3.8) is 0 Å². The number of para-hydroxylation sites is 1. The Hall–Kier alpha value is -3.27. The predicted molar refractivity (Wildman–Crippen MR) is 109 cm³/mol. The number of hydrogen-bond donors (Lipinski definition) is 1. The van der Waals surface area contributed by atoms with E-state index in [1.54, 1.807) is 31.4 Å². The van der Waals surface area contributed by atoms with Crippen molar-refractivity contribution in [2.75, 3.05) is 17.3 Å². The Kier molecular flexibility index (Phi) is 4.55. The molecule has 1 amide bonds. The summed E-state index contributed by atoms with van der Waals surface area (Å²) in [6, 6.07) is 24.0. The fraction of sp³-hybridized carbons (Fsp3) is 0.174. The average Bonchev–Trinajstić information content (AvgIpc) is 3.04. The molecule has 3 aromatic carbocycles. The lowest BCUT2D eigenvalue weighted by molar-refractivity contribution is 0.102. The molecule has 0 radical (unpaired) electrons. The first kappa shape index (κ1) is 17.2. The minimum Gasteiger partial charge on any atom is -0.497 e. The van der Waals surface area contributed by atoms with Crippen molar-refractivity contribution in [3.05, 3.63) is 83.9 Å². The summed E-state index contributed by atoms with van der Waals surface area (Å²) >= 11 is 0. The van der Waals surface area contributed by atoms with Gasteiger partial charge in [0.2, 0.25) is 0 Å². The average molecular weight is 358 g/mol. The maximum Gasteiger partial charge on any atom is 0.255 e. The van der Waals surface area contributed by atoms with E-state index in [-0.39, 0.29) is 5.91 Å². The van der Waals surface area contributed by atoms with Crippen LogP contribution in [0.5, 0.6) is 5.75 Å². The summed E-state index contributed by atoms with van der Waals surface area (Å²) in [5, 5.41) is 2.95. The van der Waals surface area contributed by atoms with Crippen molar-refractivity contribution >= 4 is 23.0 Å². The summed E-state index contributed by atoms with van der Waals surface area (Å²) in [7, 11) is 1.61. The number of anilines is 3. The molecule has 1 atom stereocenters. The van der Waals surface area contributed by atoms with Gasteiger partial charge in [0.15, 0.2) is 0 Å². The van der Waals surface area contributed by atoms with Crippen LogP contribution in [0, 0.1) is 0 Å². The maximum absolute atomic E-state index is 12.4. The molecule has 0 bridgehead atoms. The number of rotatable bonds is 4. The number of ether oxygens (including phenoxy) is 1. The fourth-order valence-corrected chi connectivity index (χ4v) is 3.61.